The van der Waals surface area contributed by atoms with E-state index in [4.69, 9.17) is 16.3 Å². The van der Waals surface area contributed by atoms with Gasteiger partial charge in [0.25, 0.3) is 11.8 Å². The number of amides is 2. The van der Waals surface area contributed by atoms with E-state index in [9.17, 15) is 31.9 Å². The summed E-state index contributed by atoms with van der Waals surface area (Å²) in [5.74, 6) is -2.32. The van der Waals surface area contributed by atoms with E-state index in [0.29, 0.717) is 42.4 Å². The smallest absolute Gasteiger partial charge is 0.417 e. The number of likely N-dealkylation sites (tertiary alicyclic amines) is 1. The Bertz CT molecular complexity index is 1950. The molecule has 1 N–H and O–H groups in total. The molecule has 14 heteroatoms. The van der Waals surface area contributed by atoms with Gasteiger partial charge in [0.15, 0.2) is 5.54 Å². The number of methoxy groups -OCH3 is 1. The second-order valence-corrected chi connectivity index (χ2v) is 13.5. The van der Waals surface area contributed by atoms with E-state index in [2.05, 4.69) is 10.3 Å². The van der Waals surface area contributed by atoms with Gasteiger partial charge in [-0.3, -0.25) is 9.59 Å². The van der Waals surface area contributed by atoms with Crippen molar-refractivity contribution < 1.29 is 36.7 Å². The molecule has 3 heterocycles. The van der Waals surface area contributed by atoms with Gasteiger partial charge in [0.05, 0.1) is 17.7 Å². The van der Waals surface area contributed by atoms with Crippen LogP contribution in [0.3, 0.4) is 0 Å². The summed E-state index contributed by atoms with van der Waals surface area (Å²) in [4.78, 5) is 48.9. The van der Waals surface area contributed by atoms with E-state index < -0.39 is 35.0 Å². The first-order valence-electron chi connectivity index (χ1n) is 16.4. The van der Waals surface area contributed by atoms with Crippen LogP contribution in [0.25, 0.3) is 0 Å². The summed E-state index contributed by atoms with van der Waals surface area (Å²) in [5.41, 5.74) is 0.551. The molecule has 2 aliphatic rings. The number of esters is 1. The number of hydrogen-bond donors (Lipinski definition) is 1. The maximum absolute atomic E-state index is 14.2. The zero-order valence-electron chi connectivity index (χ0n) is 28.1. The number of rotatable bonds is 10. The molecule has 1 aliphatic carbocycles. The molecule has 4 aromatic rings. The summed E-state index contributed by atoms with van der Waals surface area (Å²) in [6.45, 7) is 0.869. The number of halogens is 5. The highest BCUT2D eigenvalue weighted by atomic mass is 35.5. The van der Waals surface area contributed by atoms with Gasteiger partial charge in [-0.25, -0.2) is 14.2 Å². The van der Waals surface area contributed by atoms with Gasteiger partial charge in [0.1, 0.15) is 17.3 Å². The van der Waals surface area contributed by atoms with Crippen LogP contribution < -0.4 is 5.32 Å². The summed E-state index contributed by atoms with van der Waals surface area (Å²) in [6, 6.07) is 17.1. The lowest BCUT2D eigenvalue weighted by atomic mass is 9.75. The minimum Gasteiger partial charge on any atom is -0.467 e. The lowest BCUT2D eigenvalue weighted by molar-refractivity contribution is -0.153. The highest BCUT2D eigenvalue weighted by Crippen LogP contribution is 2.55. The predicted molar refractivity (Wildman–Crippen MR) is 182 cm³/mol. The van der Waals surface area contributed by atoms with Gasteiger partial charge < -0.3 is 24.4 Å². The fraction of sp³-hybridized carbons (Fsp3) is 0.351. The van der Waals surface area contributed by atoms with Crippen molar-refractivity contribution >= 4 is 35.2 Å². The molecule has 0 radical (unpaired) electrons. The molecule has 9 nitrogen and oxygen atoms in total. The SMILES string of the molecule is COC(=O)[C@@]1(Cc2ccc(F)cc2)[C@H]2c3cc(C(=O)N(C)C)n(CCCNc4ncc(C(F)(F)F)cc4Cl)c3C[C@H]2CN1C(=O)c1ccccc1. The standard InChI is InChI=1S/C37H36ClF4N5O4/c1-45(2)34(49)30-18-27-29(46(30)15-7-14-43-32-28(38)17-25(20-44-32)37(40,41)42)16-24-21-47(33(48)23-8-5-4-6-9-23)36(31(24)27,35(50)51-3)19-22-10-12-26(39)13-11-22/h4-6,8-13,17-18,20,24,31H,7,14-16,19,21H2,1-3H3,(H,43,44)/t24-,31+,36+/m0/s1. The summed E-state index contributed by atoms with van der Waals surface area (Å²) >= 11 is 6.09. The monoisotopic (exact) mass is 725 g/mol. The van der Waals surface area contributed by atoms with Crippen molar-refractivity contribution in [2.24, 2.45) is 5.92 Å². The van der Waals surface area contributed by atoms with Crippen LogP contribution in [0.2, 0.25) is 5.02 Å². The number of carbonyl (C=O) groups excluding carboxylic acids is 3. The number of carbonyl (C=O) groups is 3. The zero-order valence-corrected chi connectivity index (χ0v) is 28.9. The Kier molecular flexibility index (Phi) is 9.86. The van der Waals surface area contributed by atoms with E-state index in [1.165, 1.54) is 24.1 Å². The third kappa shape index (κ3) is 6.66. The van der Waals surface area contributed by atoms with Crippen LogP contribution in [0.1, 0.15) is 55.6 Å². The quantitative estimate of drug-likeness (QED) is 0.115. The van der Waals surface area contributed by atoms with Crippen molar-refractivity contribution in [1.82, 2.24) is 19.4 Å². The number of pyridine rings is 1. The average Bonchev–Trinajstić information content (AvgIpc) is 3.74. The maximum atomic E-state index is 14.2. The molecule has 1 saturated heterocycles. The summed E-state index contributed by atoms with van der Waals surface area (Å²) < 4.78 is 60.6. The second kappa shape index (κ2) is 14.0. The van der Waals surface area contributed by atoms with Gasteiger partial charge >= 0.3 is 12.1 Å². The van der Waals surface area contributed by atoms with Crippen LogP contribution in [0.4, 0.5) is 23.4 Å². The lowest BCUT2D eigenvalue weighted by Gasteiger charge is -2.40. The summed E-state index contributed by atoms with van der Waals surface area (Å²) in [5, 5.41) is 2.81. The number of ether oxygens (including phenoxy) is 1. The van der Waals surface area contributed by atoms with E-state index in [-0.39, 0.29) is 48.1 Å². The molecule has 1 aliphatic heterocycles. The van der Waals surface area contributed by atoms with Crippen LogP contribution >= 0.6 is 11.6 Å². The van der Waals surface area contributed by atoms with Gasteiger partial charge in [0.2, 0.25) is 0 Å². The summed E-state index contributed by atoms with van der Waals surface area (Å²) in [7, 11) is 4.55. The molecule has 0 saturated carbocycles. The van der Waals surface area contributed by atoms with E-state index in [1.807, 2.05) is 4.57 Å². The highest BCUT2D eigenvalue weighted by Gasteiger charge is 2.64. The van der Waals surface area contributed by atoms with Crippen LogP contribution in [0.15, 0.2) is 72.9 Å². The number of benzene rings is 2. The van der Waals surface area contributed by atoms with Crippen LogP contribution in [-0.2, 0) is 35.1 Å². The molecular weight excluding hydrogens is 690 g/mol. The normalized spacial score (nSPS) is 19.4. The lowest BCUT2D eigenvalue weighted by Crippen LogP contribution is -2.58. The topological polar surface area (TPSA) is 96.8 Å². The number of alkyl halides is 3. The Labute approximate surface area is 297 Å². The molecule has 0 spiro atoms. The van der Waals surface area contributed by atoms with Crippen LogP contribution in [0.5, 0.6) is 0 Å². The molecule has 1 fully saturated rings. The second-order valence-electron chi connectivity index (χ2n) is 13.1. The molecule has 6 rings (SSSR count). The molecule has 3 atom stereocenters. The van der Waals surface area contributed by atoms with Gasteiger partial charge in [-0.15, -0.1) is 0 Å². The van der Waals surface area contributed by atoms with Crippen molar-refractivity contribution in [2.45, 2.75) is 43.4 Å². The summed E-state index contributed by atoms with van der Waals surface area (Å²) in [6.07, 6.45) is -2.91. The number of aromatic nitrogens is 2. The van der Waals surface area contributed by atoms with Crippen LogP contribution in [0, 0.1) is 11.7 Å². The number of hydrogen-bond acceptors (Lipinski definition) is 6. The fourth-order valence-electron chi connectivity index (χ4n) is 7.54. The maximum Gasteiger partial charge on any atom is 0.417 e. The Hall–Kier alpha value is -4.91. The molecule has 0 bridgehead atoms. The molecule has 2 aromatic carbocycles. The Morgan fingerprint density at radius 2 is 1.78 bits per heavy atom. The first kappa shape index (κ1) is 35.9. The first-order chi connectivity index (χ1) is 24.3. The Morgan fingerprint density at radius 1 is 1.08 bits per heavy atom. The molecule has 268 valence electrons. The number of anilines is 1. The van der Waals surface area contributed by atoms with E-state index in [0.717, 1.165) is 17.3 Å². The molecule has 0 unspecified atom stereocenters. The Balaban J connectivity index is 1.37. The number of nitrogens with zero attached hydrogens (tertiary/aromatic N) is 4. The molecule has 2 amide bonds. The van der Waals surface area contributed by atoms with Crippen molar-refractivity contribution in [1.29, 1.82) is 0 Å². The van der Waals surface area contributed by atoms with Gasteiger partial charge in [0, 0.05) is 63.5 Å². The van der Waals surface area contributed by atoms with Crippen molar-refractivity contribution in [3.8, 4) is 0 Å². The minimum absolute atomic E-state index is 0.0477. The largest absolute Gasteiger partial charge is 0.467 e. The Morgan fingerprint density at radius 3 is 2.41 bits per heavy atom. The zero-order chi connectivity index (χ0) is 36.7. The number of fused-ring (bicyclic) bond motifs is 3. The van der Waals surface area contributed by atoms with E-state index >= 15 is 0 Å². The third-order valence-electron chi connectivity index (χ3n) is 9.75. The fourth-order valence-corrected chi connectivity index (χ4v) is 7.78. The minimum atomic E-state index is -4.58. The predicted octanol–water partition coefficient (Wildman–Crippen LogP) is 6.46. The van der Waals surface area contributed by atoms with Crippen LogP contribution in [-0.4, -0.2) is 77.0 Å². The molecule has 2 aromatic heterocycles. The van der Waals surface area contributed by atoms with Gasteiger partial charge in [-0.1, -0.05) is 41.9 Å². The van der Waals surface area contributed by atoms with Gasteiger partial charge in [-0.05, 0) is 66.3 Å². The first-order valence-corrected chi connectivity index (χ1v) is 16.7. The average molecular weight is 726 g/mol. The van der Waals surface area contributed by atoms with Gasteiger partial charge in [-0.2, -0.15) is 13.2 Å². The third-order valence-corrected chi connectivity index (χ3v) is 10.0. The van der Waals surface area contributed by atoms with Crippen molar-refractivity contribution in [3.05, 3.63) is 117 Å². The molecular formula is C37H36ClF4N5O4. The number of nitrogens with one attached hydrogen (secondary N) is 1. The van der Waals surface area contributed by atoms with Crippen molar-refractivity contribution in [3.63, 3.8) is 0 Å². The molecule has 51 heavy (non-hydrogen) atoms. The highest BCUT2D eigenvalue weighted by molar-refractivity contribution is 6.33. The van der Waals surface area contributed by atoms with E-state index in [1.54, 1.807) is 67.5 Å². The van der Waals surface area contributed by atoms with Crippen molar-refractivity contribution in [2.75, 3.05) is 39.6 Å².